The van der Waals surface area contributed by atoms with Crippen LogP contribution in [-0.2, 0) is 80.9 Å². The van der Waals surface area contributed by atoms with Crippen LogP contribution >= 0.6 is 7.60 Å². The van der Waals surface area contributed by atoms with Gasteiger partial charge in [-0.2, -0.15) is 0 Å². The summed E-state index contributed by atoms with van der Waals surface area (Å²) in [5.41, 5.74) is 12.2. The fraction of sp³-hybridized carbons (Fsp3) is 0.435. The molecule has 9 rings (SSSR count). The minimum atomic E-state index is -3.51. The molecule has 26 heteroatoms. The van der Waals surface area contributed by atoms with Crippen LogP contribution in [0.25, 0.3) is 22.3 Å². The summed E-state index contributed by atoms with van der Waals surface area (Å²) < 4.78 is 81.9. The van der Waals surface area contributed by atoms with E-state index in [9.17, 15) is 23.7 Å². The zero-order valence-corrected chi connectivity index (χ0v) is 67.6. The Hall–Kier alpha value is -9.37. The molecule has 7 N–H and O–H groups in total. The predicted octanol–water partition coefficient (Wildman–Crippen LogP) is 11.5. The molecule has 7 aromatic rings. The summed E-state index contributed by atoms with van der Waals surface area (Å²) in [5, 5.41) is 32.0. The van der Waals surface area contributed by atoms with Crippen LogP contribution in [0.1, 0.15) is 84.4 Å². The molecule has 608 valence electrons. The summed E-state index contributed by atoms with van der Waals surface area (Å²) in [6.45, 7) is 20.6. The fourth-order valence-corrected chi connectivity index (χ4v) is 14.0. The van der Waals surface area contributed by atoms with Crippen molar-refractivity contribution in [1.29, 1.82) is 0 Å². The van der Waals surface area contributed by atoms with Gasteiger partial charge in [0, 0.05) is 44.6 Å². The Labute approximate surface area is 648 Å². The molecule has 0 bridgehead atoms. The molecule has 24 nitrogen and oxygen atoms in total. The molecule has 0 saturated carbocycles. The van der Waals surface area contributed by atoms with E-state index in [1.807, 2.05) is 20.8 Å². The van der Waals surface area contributed by atoms with Gasteiger partial charge in [0.1, 0.15) is 24.9 Å². The predicted molar refractivity (Wildman–Crippen MR) is 424 cm³/mol. The normalized spacial score (nSPS) is 12.5. The van der Waals surface area contributed by atoms with Crippen LogP contribution in [0.4, 0.5) is 4.79 Å². The van der Waals surface area contributed by atoms with Crippen LogP contribution in [0.15, 0.2) is 201 Å². The van der Waals surface area contributed by atoms with Crippen molar-refractivity contribution in [2.75, 3.05) is 178 Å². The largest absolute Gasteiger partial charge is 0.481 e. The zero-order valence-electron chi connectivity index (χ0n) is 64.3. The Morgan fingerprint density at radius 3 is 1.19 bits per heavy atom. The number of esters is 1. The van der Waals surface area contributed by atoms with E-state index < -0.39 is 55.2 Å². The average Bonchev–Trinajstić information content (AvgIpc) is 1.76. The van der Waals surface area contributed by atoms with Crippen molar-refractivity contribution in [3.63, 3.8) is 0 Å². The van der Waals surface area contributed by atoms with Crippen LogP contribution in [0.2, 0.25) is 0 Å². The van der Waals surface area contributed by atoms with Crippen molar-refractivity contribution in [2.24, 2.45) is 0 Å². The first-order chi connectivity index (χ1) is 53.6. The Morgan fingerprint density at radius 1 is 0.477 bits per heavy atom. The molecule has 0 saturated heterocycles. The van der Waals surface area contributed by atoms with Crippen molar-refractivity contribution in [1.82, 2.24) is 26.6 Å². The van der Waals surface area contributed by atoms with E-state index in [-0.39, 0.29) is 38.3 Å². The van der Waals surface area contributed by atoms with Crippen molar-refractivity contribution in [2.45, 2.75) is 62.6 Å². The number of benzene rings is 7. The number of carboxylic acid groups (broad SMARTS) is 2. The second-order valence-electron chi connectivity index (χ2n) is 26.5. The Balaban J connectivity index is 0.000000346. The zero-order chi connectivity index (χ0) is 78.3. The van der Waals surface area contributed by atoms with Gasteiger partial charge in [-0.15, -0.1) is 0 Å². The number of likely N-dealkylation sites (N-methyl/N-ethyl adjacent to an activating group) is 1. The van der Waals surface area contributed by atoms with E-state index in [1.165, 1.54) is 74.3 Å². The van der Waals surface area contributed by atoms with Crippen molar-refractivity contribution in [3.05, 3.63) is 240 Å². The quantitative estimate of drug-likeness (QED) is 0.00613. The number of aliphatic carboxylic acids is 2. The molecule has 0 heterocycles. The molecule has 1 atom stereocenters. The molecule has 2 aliphatic rings. The van der Waals surface area contributed by atoms with Gasteiger partial charge in [-0.25, -0.2) is 9.59 Å². The third kappa shape index (κ3) is 31.7. The van der Waals surface area contributed by atoms with Gasteiger partial charge < -0.3 is 87.9 Å². The van der Waals surface area contributed by atoms with E-state index in [1.54, 1.807) is 0 Å². The number of rotatable bonds is 52. The van der Waals surface area contributed by atoms with E-state index >= 15 is 0 Å². The number of alkyl carbamates (subject to hydrolysis) is 1. The maximum Gasteiger partial charge on any atom is 0.407 e. The second kappa shape index (κ2) is 51.2. The van der Waals surface area contributed by atoms with Crippen molar-refractivity contribution >= 4 is 31.6 Å². The van der Waals surface area contributed by atoms with Crippen LogP contribution < -0.4 is 26.6 Å². The van der Waals surface area contributed by atoms with Gasteiger partial charge in [-0.05, 0) is 102 Å². The van der Waals surface area contributed by atoms with Crippen LogP contribution in [0.3, 0.4) is 0 Å². The average molecular weight is 1800 g/mol. The van der Waals surface area contributed by atoms with Crippen LogP contribution in [0.5, 0.6) is 0 Å². The van der Waals surface area contributed by atoms with Crippen LogP contribution in [-0.4, -0.2) is 224 Å². The molecule has 0 aliphatic heterocycles. The van der Waals surface area contributed by atoms with Gasteiger partial charge in [0.25, 0.3) is 0 Å². The smallest absolute Gasteiger partial charge is 0.407 e. The number of hydrogen-bond donors (Lipinski definition) is 7. The minimum Gasteiger partial charge on any atom is -0.481 e. The van der Waals surface area contributed by atoms with Gasteiger partial charge in [-0.3, -0.25) is 19.5 Å². The molecule has 111 heavy (non-hydrogen) atoms. The summed E-state index contributed by atoms with van der Waals surface area (Å²) in [4.78, 5) is 42.7. The molecule has 1 unspecified atom stereocenters. The van der Waals surface area contributed by atoms with Crippen molar-refractivity contribution in [3.8, 4) is 22.3 Å². The molecular weight excluding hydrogens is 1680 g/mol. The number of carbonyl (C=O) groups excluding carboxylic acids is 2. The van der Waals surface area contributed by atoms with E-state index in [0.29, 0.717) is 138 Å². The van der Waals surface area contributed by atoms with Crippen LogP contribution in [0, 0.1) is 0 Å². The molecule has 0 fully saturated rings. The maximum absolute atomic E-state index is 14.8. The summed E-state index contributed by atoms with van der Waals surface area (Å²) in [6.07, 6.45) is 1.61. The summed E-state index contributed by atoms with van der Waals surface area (Å²) in [5.74, 6) is -2.72. The number of fused-ring (bicyclic) bond motifs is 6. The Kier molecular flexibility index (Phi) is 41.8. The summed E-state index contributed by atoms with van der Waals surface area (Å²) in [7, 11) is -2.10. The minimum absolute atomic E-state index is 0. The number of ether oxygens (including phenoxy) is 10. The molecular formula is C85H112FmN5O19P. The fourth-order valence-electron chi connectivity index (χ4n) is 12.4. The number of amides is 1. The third-order valence-corrected chi connectivity index (χ3v) is 19.4. The number of carbonyl (C=O) groups is 4. The summed E-state index contributed by atoms with van der Waals surface area (Å²) >= 11 is 0. The molecule has 7 aromatic carbocycles. The third-order valence-electron chi connectivity index (χ3n) is 17.5. The maximum atomic E-state index is 14.8. The molecule has 2 aliphatic carbocycles. The first-order valence-corrected chi connectivity index (χ1v) is 39.3. The van der Waals surface area contributed by atoms with E-state index in [4.69, 9.17) is 66.6 Å². The van der Waals surface area contributed by atoms with Crippen molar-refractivity contribution < 1.29 is 90.4 Å². The van der Waals surface area contributed by atoms with Gasteiger partial charge >= 0.3 is 31.6 Å². The van der Waals surface area contributed by atoms with E-state index in [0.717, 1.165) is 13.1 Å². The second-order valence-corrected chi connectivity index (χ2v) is 28.7. The molecule has 0 aromatic heterocycles. The standard InChI is InChI=1S/C56H57N2O5P.C24H46N2O10.C5H9NO4.Fm/c59-64(62-41-54-50-29-14-10-25-46(50)47-26-11-15-30-51(47)54,63-42-55-52-31-16-12-27-48(52)49-28-13-17-32-53(49)55)40-18-33-57-34-36-60-38-39-61-37-35-58-56(43-19-4-1-5-20-43,44-21-6-2-7-22-44)45-23-8-3-9-24-45;1-5-9-35-22(27)21-34-20-19-33-17-14-30-11-7-25-6-10-29-13-16-32-18-15-31-12-8-26-23(28)36-24(2,3)4;1-6-3(5(9)10)2-4(7)8;/h1-17,19-32,54-55,57-58H,18,33-42H2;5,25H,1,6-21H2,2-4H3,(H,26,28);3,6H,2H2,1H3,(H,7,8)(H,9,10);. The molecule has 0 radical (unpaired) electrons. The Morgan fingerprint density at radius 2 is 0.829 bits per heavy atom. The molecule has 0 spiro atoms. The van der Waals surface area contributed by atoms with Gasteiger partial charge in [0.05, 0.1) is 130 Å². The summed E-state index contributed by atoms with van der Waals surface area (Å²) in [6, 6.07) is 64.7. The van der Waals surface area contributed by atoms with Gasteiger partial charge in [0.15, 0.2) is 0 Å². The monoisotopic (exact) mass is 1790 g/mol. The Bertz CT molecular complexity index is 3550. The topological polar surface area (TPSA) is 297 Å². The number of carboxylic acids is 2. The first kappa shape index (κ1) is 90.5. The molecule has 1 amide bonds. The first-order valence-electron chi connectivity index (χ1n) is 37.6. The SMILES string of the molecule is C=CCOC(=O)COCCOCCOCCNCCOCCOCCOCCNC(=O)OC(C)(C)C.CNC(CC(=O)O)C(=O)O.O=P(CCCNCCOCCOCCNC(c1ccccc1)(c1ccccc1)c1ccccc1)(OCC1c2ccccc2-c2ccccc21)OCC1c2ccccc2-c2ccccc21.[Fm]. The number of hydrogen-bond acceptors (Lipinski definition) is 21. The van der Waals surface area contributed by atoms with Gasteiger partial charge in [0.2, 0.25) is 0 Å². The van der Waals surface area contributed by atoms with E-state index in [2.05, 4.69) is 221 Å². The van der Waals surface area contributed by atoms with Gasteiger partial charge in [-0.1, -0.05) is 201 Å². The number of nitrogens with one attached hydrogen (secondary N) is 5.